The van der Waals surface area contributed by atoms with E-state index in [1.54, 1.807) is 0 Å². The average molecular weight is 485 g/mol. The molecule has 0 aromatic heterocycles. The van der Waals surface area contributed by atoms with Gasteiger partial charge in [-0.15, -0.1) is 0 Å². The van der Waals surface area contributed by atoms with Crippen molar-refractivity contribution in [2.45, 2.75) is 89.9 Å². The van der Waals surface area contributed by atoms with Gasteiger partial charge in [0.2, 0.25) is 0 Å². The first-order valence-electron chi connectivity index (χ1n) is 8.10. The summed E-state index contributed by atoms with van der Waals surface area (Å²) in [7, 11) is 0. The van der Waals surface area contributed by atoms with E-state index in [-0.39, 0.29) is 22.4 Å². The van der Waals surface area contributed by atoms with Crippen molar-refractivity contribution >= 4 is 18.6 Å². The zero-order valence-electron chi connectivity index (χ0n) is 12.7. The maximum Gasteiger partial charge on any atom is 0.303 e. The molecule has 0 heterocycles. The van der Waals surface area contributed by atoms with Gasteiger partial charge in [0.15, 0.2) is 0 Å². The molecule has 0 fully saturated rings. The fourth-order valence-electron chi connectivity index (χ4n) is 2.33. The first-order chi connectivity index (χ1) is 9.27. The van der Waals surface area contributed by atoms with Crippen LogP contribution in [0.25, 0.3) is 0 Å². The van der Waals surface area contributed by atoms with Gasteiger partial charge in [-0.05, 0) is 18.6 Å². The van der Waals surface area contributed by atoms with Crippen LogP contribution in [0.2, 0.25) is 0 Å². The third kappa shape index (κ3) is 20.9. The predicted octanol–water partition coefficient (Wildman–Crippen LogP) is 5.46. The molecule has 4 heteroatoms. The molecule has 0 saturated heterocycles. The quantitative estimate of drug-likeness (QED) is 0.184. The molecular weight excluding hydrogens is 453 g/mol. The first-order valence-corrected chi connectivity index (χ1v) is 8.73. The van der Waals surface area contributed by atoms with Crippen LogP contribution in [0, 0.1) is 0 Å². The van der Waals surface area contributed by atoms with Crippen molar-refractivity contribution in [2.24, 2.45) is 0 Å². The molecule has 125 valence electrons. The van der Waals surface area contributed by atoms with Crippen LogP contribution in [-0.4, -0.2) is 16.8 Å². The fraction of sp³-hybridized carbons (Fsp3) is 0.938. The monoisotopic (exact) mass is 485 g/mol. The Bertz CT molecular complexity index is 201. The fourth-order valence-corrected chi connectivity index (χ4v) is 2.56. The van der Waals surface area contributed by atoms with E-state index in [0.29, 0.717) is 6.42 Å². The van der Waals surface area contributed by atoms with E-state index < -0.39 is 5.97 Å². The van der Waals surface area contributed by atoms with Gasteiger partial charge in [-0.2, -0.15) is 12.6 Å². The number of rotatable bonds is 15. The Balaban J connectivity index is 0. The SMILES string of the molecule is O=C(O)CCCCCCCCCCCCCCCS.[Au]. The summed E-state index contributed by atoms with van der Waals surface area (Å²) in [5, 5.41) is 8.50. The van der Waals surface area contributed by atoms with Crippen molar-refractivity contribution in [1.29, 1.82) is 0 Å². The molecule has 0 unspecified atom stereocenters. The van der Waals surface area contributed by atoms with Crippen LogP contribution < -0.4 is 0 Å². The van der Waals surface area contributed by atoms with Crippen molar-refractivity contribution in [1.82, 2.24) is 0 Å². The normalized spacial score (nSPS) is 10.2. The molecule has 0 spiro atoms. The molecule has 1 N–H and O–H groups in total. The second-order valence-corrected chi connectivity index (χ2v) is 5.91. The van der Waals surface area contributed by atoms with Crippen LogP contribution in [0.3, 0.4) is 0 Å². The Kier molecular flexibility index (Phi) is 22.3. The minimum atomic E-state index is -0.658. The maximum absolute atomic E-state index is 10.3. The topological polar surface area (TPSA) is 37.3 Å². The molecule has 0 atom stereocenters. The van der Waals surface area contributed by atoms with E-state index in [1.165, 1.54) is 70.6 Å². The summed E-state index contributed by atoms with van der Waals surface area (Å²) in [5.41, 5.74) is 0. The number of carboxylic acid groups (broad SMARTS) is 1. The van der Waals surface area contributed by atoms with Gasteiger partial charge < -0.3 is 5.11 Å². The summed E-state index contributed by atoms with van der Waals surface area (Å²) in [5.74, 6) is 0.376. The molecule has 0 aromatic rings. The summed E-state index contributed by atoms with van der Waals surface area (Å²) in [6.45, 7) is 0. The van der Waals surface area contributed by atoms with E-state index in [4.69, 9.17) is 5.11 Å². The zero-order valence-corrected chi connectivity index (χ0v) is 15.8. The van der Waals surface area contributed by atoms with Crippen LogP contribution in [0.1, 0.15) is 89.9 Å². The van der Waals surface area contributed by atoms with E-state index in [0.717, 1.165) is 18.6 Å². The van der Waals surface area contributed by atoms with Crippen LogP contribution in [0.4, 0.5) is 0 Å². The Morgan fingerprint density at radius 3 is 1.25 bits per heavy atom. The van der Waals surface area contributed by atoms with Gasteiger partial charge in [-0.1, -0.05) is 70.6 Å². The molecule has 0 bridgehead atoms. The van der Waals surface area contributed by atoms with Crippen molar-refractivity contribution in [2.75, 3.05) is 5.75 Å². The Morgan fingerprint density at radius 2 is 0.950 bits per heavy atom. The minimum absolute atomic E-state index is 0. The smallest absolute Gasteiger partial charge is 0.303 e. The Hall–Kier alpha value is 0.560. The van der Waals surface area contributed by atoms with Crippen molar-refractivity contribution in [3.05, 3.63) is 0 Å². The van der Waals surface area contributed by atoms with Crippen LogP contribution >= 0.6 is 12.6 Å². The van der Waals surface area contributed by atoms with Crippen LogP contribution in [0.15, 0.2) is 0 Å². The van der Waals surface area contributed by atoms with Gasteiger partial charge in [0.1, 0.15) is 0 Å². The summed E-state index contributed by atoms with van der Waals surface area (Å²) < 4.78 is 0. The number of thiol groups is 1. The molecule has 0 aliphatic carbocycles. The molecule has 0 saturated carbocycles. The van der Waals surface area contributed by atoms with E-state index in [2.05, 4.69) is 12.6 Å². The average Bonchev–Trinajstić information content (AvgIpc) is 2.39. The molecule has 2 nitrogen and oxygen atoms in total. The van der Waals surface area contributed by atoms with E-state index >= 15 is 0 Å². The summed E-state index contributed by atoms with van der Waals surface area (Å²) >= 11 is 4.21. The molecule has 0 aromatic carbocycles. The molecule has 0 rings (SSSR count). The molecular formula is C16H32AuO2S. The molecule has 1 radical (unpaired) electrons. The van der Waals surface area contributed by atoms with Gasteiger partial charge >= 0.3 is 5.97 Å². The standard InChI is InChI=1S/C16H32O2S.Au/c17-16(18)14-12-10-8-6-4-2-1-3-5-7-9-11-13-15-19;/h19H,1-15H2,(H,17,18);. The molecule has 0 aliphatic heterocycles. The third-order valence-corrected chi connectivity index (χ3v) is 3.86. The van der Waals surface area contributed by atoms with Gasteiger partial charge in [-0.25, -0.2) is 0 Å². The summed E-state index contributed by atoms with van der Waals surface area (Å²) in [4.78, 5) is 10.3. The maximum atomic E-state index is 10.3. The summed E-state index contributed by atoms with van der Waals surface area (Å²) in [6.07, 6.45) is 17.0. The second kappa shape index (κ2) is 19.6. The molecule has 20 heavy (non-hydrogen) atoms. The van der Waals surface area contributed by atoms with E-state index in [1.807, 2.05) is 0 Å². The van der Waals surface area contributed by atoms with Crippen molar-refractivity contribution < 1.29 is 32.3 Å². The number of unbranched alkanes of at least 4 members (excludes halogenated alkanes) is 12. The van der Waals surface area contributed by atoms with Crippen LogP contribution in [0.5, 0.6) is 0 Å². The van der Waals surface area contributed by atoms with Gasteiger partial charge in [0.25, 0.3) is 0 Å². The van der Waals surface area contributed by atoms with Gasteiger partial charge in [0.05, 0.1) is 0 Å². The van der Waals surface area contributed by atoms with Crippen molar-refractivity contribution in [3.8, 4) is 0 Å². The van der Waals surface area contributed by atoms with E-state index in [9.17, 15) is 4.79 Å². The largest absolute Gasteiger partial charge is 0.481 e. The summed E-state index contributed by atoms with van der Waals surface area (Å²) in [6, 6.07) is 0. The molecule has 0 amide bonds. The number of hydrogen-bond acceptors (Lipinski definition) is 2. The predicted molar refractivity (Wildman–Crippen MR) is 86.1 cm³/mol. The Morgan fingerprint density at radius 1 is 0.650 bits per heavy atom. The Labute approximate surface area is 146 Å². The van der Waals surface area contributed by atoms with Gasteiger partial charge in [-0.3, -0.25) is 4.79 Å². The number of carbonyl (C=O) groups is 1. The first kappa shape index (κ1) is 22.8. The zero-order chi connectivity index (χ0) is 14.2. The minimum Gasteiger partial charge on any atom is -0.481 e. The number of hydrogen-bond donors (Lipinski definition) is 2. The van der Waals surface area contributed by atoms with Crippen LogP contribution in [-0.2, 0) is 27.2 Å². The second-order valence-electron chi connectivity index (χ2n) is 5.46. The number of carboxylic acids is 1. The third-order valence-electron chi connectivity index (χ3n) is 3.55. The number of aliphatic carboxylic acids is 1. The van der Waals surface area contributed by atoms with Crippen molar-refractivity contribution in [3.63, 3.8) is 0 Å². The van der Waals surface area contributed by atoms with Gasteiger partial charge in [0, 0.05) is 28.8 Å². The molecule has 0 aliphatic rings.